The van der Waals surface area contributed by atoms with Crippen molar-refractivity contribution in [2.75, 3.05) is 0 Å². The molecule has 0 bridgehead atoms. The molecule has 0 saturated heterocycles. The first-order valence-electron chi connectivity index (χ1n) is 6.91. The highest BCUT2D eigenvalue weighted by Gasteiger charge is 3.05. The average Bonchev–Trinajstić information content (AvgIpc) is 2.77. The summed E-state index contributed by atoms with van der Waals surface area (Å²) in [6.45, 7) is 3.38. The molecule has 2 atom stereocenters. The molecule has 2 aliphatic rings. The summed E-state index contributed by atoms with van der Waals surface area (Å²) in [5.74, 6) is -3.01. The topological polar surface area (TPSA) is 83.5 Å². The highest BCUT2D eigenvalue weighted by Crippen LogP contribution is 2.84. The molecule has 2 rings (SSSR count). The van der Waals surface area contributed by atoms with E-state index in [0.29, 0.717) is 11.1 Å². The Bertz CT molecular complexity index is 669. The average molecular weight is 393 g/mol. The van der Waals surface area contributed by atoms with E-state index in [1.54, 1.807) is 13.8 Å². The number of aliphatic carboxylic acids is 1. The van der Waals surface area contributed by atoms with Gasteiger partial charge in [0.2, 0.25) is 5.41 Å². The van der Waals surface area contributed by atoms with Crippen LogP contribution in [-0.4, -0.2) is 40.9 Å². The van der Waals surface area contributed by atoms with Crippen LogP contribution < -0.4 is 5.32 Å². The predicted octanol–water partition coefficient (Wildman–Crippen LogP) is 2.91. The highest BCUT2D eigenvalue weighted by atomic mass is 19.4. The third-order valence-corrected chi connectivity index (χ3v) is 5.08. The van der Waals surface area contributed by atoms with Gasteiger partial charge in [-0.15, -0.1) is 0 Å². The lowest BCUT2D eigenvalue weighted by Gasteiger charge is -2.25. The lowest BCUT2D eigenvalue weighted by atomic mass is 9.93. The SMILES string of the molecule is CC1(F)C(C)(C(=O)O)C1(C(F)(F)F)C(F)(F)F.CC1=C(C)C(=O)NC1=O. The van der Waals surface area contributed by atoms with E-state index in [4.69, 9.17) is 5.11 Å². The summed E-state index contributed by atoms with van der Waals surface area (Å²) < 4.78 is 88.7. The van der Waals surface area contributed by atoms with E-state index in [2.05, 4.69) is 5.32 Å². The molecule has 26 heavy (non-hydrogen) atoms. The second-order valence-electron chi connectivity index (χ2n) is 6.21. The normalized spacial score (nSPS) is 30.6. The molecule has 5 nitrogen and oxygen atoms in total. The molecule has 1 fully saturated rings. The van der Waals surface area contributed by atoms with E-state index in [0.717, 1.165) is 0 Å². The maximum atomic E-state index is 13.6. The van der Waals surface area contributed by atoms with Gasteiger partial charge in [0.05, 0.1) is 0 Å². The van der Waals surface area contributed by atoms with Crippen LogP contribution in [0.2, 0.25) is 0 Å². The first-order chi connectivity index (χ1) is 11.3. The van der Waals surface area contributed by atoms with Crippen LogP contribution in [0.15, 0.2) is 11.1 Å². The van der Waals surface area contributed by atoms with Crippen molar-refractivity contribution in [2.24, 2.45) is 10.8 Å². The molecular weight excluding hydrogens is 379 g/mol. The fourth-order valence-electron chi connectivity index (χ4n) is 3.11. The molecule has 2 unspecified atom stereocenters. The zero-order chi connectivity index (χ0) is 21.1. The lowest BCUT2D eigenvalue weighted by molar-refractivity contribution is -0.320. The quantitative estimate of drug-likeness (QED) is 0.530. The molecule has 0 aromatic heterocycles. The van der Waals surface area contributed by atoms with Crippen LogP contribution in [-0.2, 0) is 14.4 Å². The fourth-order valence-corrected chi connectivity index (χ4v) is 3.11. The van der Waals surface area contributed by atoms with Gasteiger partial charge in [0.25, 0.3) is 11.8 Å². The van der Waals surface area contributed by atoms with E-state index >= 15 is 0 Å². The summed E-state index contributed by atoms with van der Waals surface area (Å²) in [6.07, 6.45) is -12.1. The Morgan fingerprint density at radius 1 is 0.923 bits per heavy atom. The fraction of sp³-hybridized carbons (Fsp3) is 0.643. The molecule has 12 heteroatoms. The molecule has 2 amide bonds. The molecule has 148 valence electrons. The van der Waals surface area contributed by atoms with Gasteiger partial charge in [0, 0.05) is 11.1 Å². The third kappa shape index (κ3) is 2.41. The van der Waals surface area contributed by atoms with Crippen molar-refractivity contribution in [2.45, 2.75) is 45.7 Å². The number of imide groups is 1. The van der Waals surface area contributed by atoms with E-state index in [9.17, 15) is 45.1 Å². The minimum absolute atomic E-state index is 0.00208. The molecule has 0 aromatic rings. The third-order valence-electron chi connectivity index (χ3n) is 5.08. The highest BCUT2D eigenvalue weighted by molar-refractivity contribution is 6.18. The van der Waals surface area contributed by atoms with Gasteiger partial charge in [-0.2, -0.15) is 26.3 Å². The number of amides is 2. The van der Waals surface area contributed by atoms with Gasteiger partial charge in [-0.05, 0) is 27.7 Å². The summed E-state index contributed by atoms with van der Waals surface area (Å²) in [5.41, 5.74) is -11.3. The van der Waals surface area contributed by atoms with Crippen LogP contribution in [0.25, 0.3) is 0 Å². The number of carboxylic acid groups (broad SMARTS) is 1. The second kappa shape index (κ2) is 5.68. The van der Waals surface area contributed by atoms with Crippen LogP contribution >= 0.6 is 0 Å². The summed E-state index contributed by atoms with van der Waals surface area (Å²) in [5, 5.41) is 10.6. The van der Waals surface area contributed by atoms with Gasteiger partial charge in [-0.1, -0.05) is 0 Å². The van der Waals surface area contributed by atoms with E-state index < -0.39 is 34.8 Å². The number of nitrogens with one attached hydrogen (secondary N) is 1. The smallest absolute Gasteiger partial charge is 0.407 e. The van der Waals surface area contributed by atoms with Gasteiger partial charge >= 0.3 is 18.3 Å². The molecule has 1 saturated carbocycles. The maximum absolute atomic E-state index is 13.6. The Kier molecular flexibility index (Phi) is 4.78. The zero-order valence-corrected chi connectivity index (χ0v) is 13.8. The van der Waals surface area contributed by atoms with Gasteiger partial charge < -0.3 is 5.11 Å². The number of carboxylic acids is 1. The van der Waals surface area contributed by atoms with Gasteiger partial charge in [0.1, 0.15) is 11.1 Å². The Hall–Kier alpha value is -2.14. The largest absolute Gasteiger partial charge is 0.481 e. The molecule has 1 aliphatic heterocycles. The summed E-state index contributed by atoms with van der Waals surface area (Å²) >= 11 is 0. The first kappa shape index (κ1) is 21.9. The van der Waals surface area contributed by atoms with Gasteiger partial charge in [0.15, 0.2) is 0 Å². The van der Waals surface area contributed by atoms with Crippen molar-refractivity contribution >= 4 is 17.8 Å². The standard InChI is InChI=1S/C8H7F7O2.C6H7NO2/c1-4(3(16)17)5(2,9)6(4,7(10,11)12)8(13,14)15;1-3-4(2)6(9)7-5(3)8/h1-2H3,(H,16,17);1-2H3,(H,7,8,9). The Morgan fingerprint density at radius 2 is 1.23 bits per heavy atom. The van der Waals surface area contributed by atoms with Gasteiger partial charge in [-0.25, -0.2) is 4.39 Å². The van der Waals surface area contributed by atoms with Gasteiger partial charge in [-0.3, -0.25) is 19.7 Å². The molecule has 2 N–H and O–H groups in total. The van der Waals surface area contributed by atoms with E-state index in [1.165, 1.54) is 0 Å². The maximum Gasteiger partial charge on any atom is 0.407 e. The first-order valence-corrected chi connectivity index (χ1v) is 6.91. The lowest BCUT2D eigenvalue weighted by Crippen LogP contribution is -2.46. The van der Waals surface area contributed by atoms with Crippen molar-refractivity contribution in [1.82, 2.24) is 5.32 Å². The number of rotatable bonds is 1. The Morgan fingerprint density at radius 3 is 1.31 bits per heavy atom. The predicted molar refractivity (Wildman–Crippen MR) is 71.3 cm³/mol. The zero-order valence-electron chi connectivity index (χ0n) is 13.8. The van der Waals surface area contributed by atoms with Crippen LogP contribution in [0.3, 0.4) is 0 Å². The van der Waals surface area contributed by atoms with E-state index in [1.807, 2.05) is 0 Å². The van der Waals surface area contributed by atoms with Crippen molar-refractivity contribution in [3.63, 3.8) is 0 Å². The molecule has 0 spiro atoms. The number of carbonyl (C=O) groups is 3. The summed E-state index contributed by atoms with van der Waals surface area (Å²) in [7, 11) is 0. The van der Waals surface area contributed by atoms with Crippen molar-refractivity contribution in [3.8, 4) is 0 Å². The number of alkyl halides is 7. The molecule has 0 radical (unpaired) electrons. The molecule has 0 aromatic carbocycles. The number of halogens is 7. The minimum Gasteiger partial charge on any atom is -0.481 e. The van der Waals surface area contributed by atoms with Crippen LogP contribution in [0.4, 0.5) is 30.7 Å². The van der Waals surface area contributed by atoms with Crippen LogP contribution in [0, 0.1) is 10.8 Å². The van der Waals surface area contributed by atoms with Crippen molar-refractivity contribution < 1.29 is 50.2 Å². The minimum atomic E-state index is -6.04. The molecular formula is C14H14F7NO4. The number of carbonyl (C=O) groups excluding carboxylic acids is 2. The summed E-state index contributed by atoms with van der Waals surface area (Å²) in [6, 6.07) is 0. The van der Waals surface area contributed by atoms with Crippen molar-refractivity contribution in [3.05, 3.63) is 11.1 Å². The monoisotopic (exact) mass is 393 g/mol. The molecule has 1 aliphatic carbocycles. The number of hydrogen-bond donors (Lipinski definition) is 2. The van der Waals surface area contributed by atoms with Crippen LogP contribution in [0.1, 0.15) is 27.7 Å². The summed E-state index contributed by atoms with van der Waals surface area (Å²) in [4.78, 5) is 31.8. The number of hydrogen-bond acceptors (Lipinski definition) is 3. The van der Waals surface area contributed by atoms with E-state index in [-0.39, 0.29) is 25.7 Å². The molecule has 1 heterocycles. The Balaban J connectivity index is 0.000000314. The van der Waals surface area contributed by atoms with Crippen molar-refractivity contribution in [1.29, 1.82) is 0 Å². The Labute approximate surface area is 142 Å². The van der Waals surface area contributed by atoms with Crippen LogP contribution in [0.5, 0.6) is 0 Å². The second-order valence-corrected chi connectivity index (χ2v) is 6.21.